The lowest BCUT2D eigenvalue weighted by Gasteiger charge is -2.06. The van der Waals surface area contributed by atoms with Gasteiger partial charge in [-0.3, -0.25) is 0 Å². The highest BCUT2D eigenvalue weighted by atomic mass is 16.6. The molecule has 2 aromatic carbocycles. The Morgan fingerprint density at radius 3 is 2.53 bits per heavy atom. The Kier molecular flexibility index (Phi) is 2.37. The molecule has 1 aliphatic heterocycles. The van der Waals surface area contributed by atoms with Crippen molar-refractivity contribution in [2.75, 3.05) is 0 Å². The standard InChI is InChI=1S/C15H14O2/c1-10-13-9-12(11-5-3-2-4-6-11)7-8-14(13)17-15(10)16/h2-10,15-16H,1H3/t10-,15-/m1/s1. The zero-order valence-corrected chi connectivity index (χ0v) is 9.63. The molecule has 0 spiro atoms. The molecule has 3 rings (SSSR count). The molecule has 0 saturated carbocycles. The molecule has 0 amide bonds. The number of hydrogen-bond donors (Lipinski definition) is 1. The van der Waals surface area contributed by atoms with Gasteiger partial charge in [-0.1, -0.05) is 43.3 Å². The topological polar surface area (TPSA) is 29.5 Å². The van der Waals surface area contributed by atoms with Gasteiger partial charge in [0, 0.05) is 11.5 Å². The van der Waals surface area contributed by atoms with E-state index in [0.717, 1.165) is 16.9 Å². The van der Waals surface area contributed by atoms with E-state index < -0.39 is 6.29 Å². The van der Waals surface area contributed by atoms with Gasteiger partial charge in [0.2, 0.25) is 6.29 Å². The van der Waals surface area contributed by atoms with Gasteiger partial charge in [0.1, 0.15) is 5.75 Å². The third-order valence-electron chi connectivity index (χ3n) is 3.28. The van der Waals surface area contributed by atoms with Crippen LogP contribution in [0.4, 0.5) is 0 Å². The highest BCUT2D eigenvalue weighted by molar-refractivity contribution is 5.66. The largest absolute Gasteiger partial charge is 0.464 e. The second-order valence-electron chi connectivity index (χ2n) is 4.42. The summed E-state index contributed by atoms with van der Waals surface area (Å²) in [5.74, 6) is 0.832. The van der Waals surface area contributed by atoms with Crippen molar-refractivity contribution in [2.45, 2.75) is 19.1 Å². The fourth-order valence-corrected chi connectivity index (χ4v) is 2.21. The first-order valence-corrected chi connectivity index (χ1v) is 5.80. The maximum Gasteiger partial charge on any atom is 0.204 e. The summed E-state index contributed by atoms with van der Waals surface area (Å²) < 4.78 is 5.37. The Labute approximate surface area is 100 Å². The van der Waals surface area contributed by atoms with Crippen molar-refractivity contribution in [3.63, 3.8) is 0 Å². The van der Waals surface area contributed by atoms with Crippen LogP contribution in [-0.4, -0.2) is 11.4 Å². The number of rotatable bonds is 1. The molecule has 2 atom stereocenters. The van der Waals surface area contributed by atoms with Crippen LogP contribution in [0.2, 0.25) is 0 Å². The maximum absolute atomic E-state index is 9.66. The molecule has 0 aromatic heterocycles. The van der Waals surface area contributed by atoms with Crippen molar-refractivity contribution in [3.05, 3.63) is 54.1 Å². The fourth-order valence-electron chi connectivity index (χ4n) is 2.21. The summed E-state index contributed by atoms with van der Waals surface area (Å²) in [6.45, 7) is 1.98. The molecule has 2 heteroatoms. The van der Waals surface area contributed by atoms with E-state index in [4.69, 9.17) is 4.74 Å². The lowest BCUT2D eigenvalue weighted by Crippen LogP contribution is -2.14. The van der Waals surface area contributed by atoms with E-state index in [1.165, 1.54) is 5.56 Å². The molecule has 1 aliphatic rings. The molecule has 0 saturated heterocycles. The molecule has 0 radical (unpaired) electrons. The van der Waals surface area contributed by atoms with Crippen molar-refractivity contribution in [1.29, 1.82) is 0 Å². The molecular formula is C15H14O2. The SMILES string of the molecule is C[C@@H]1c2cc(-c3ccccc3)ccc2O[C@H]1O. The minimum atomic E-state index is -0.712. The molecule has 86 valence electrons. The lowest BCUT2D eigenvalue weighted by atomic mass is 9.97. The number of benzene rings is 2. The molecule has 1 heterocycles. The molecule has 17 heavy (non-hydrogen) atoms. The lowest BCUT2D eigenvalue weighted by molar-refractivity contribution is -0.0141. The van der Waals surface area contributed by atoms with Gasteiger partial charge in [-0.2, -0.15) is 0 Å². The fraction of sp³-hybridized carbons (Fsp3) is 0.200. The van der Waals surface area contributed by atoms with E-state index in [1.807, 2.05) is 37.3 Å². The van der Waals surface area contributed by atoms with Crippen LogP contribution >= 0.6 is 0 Å². The van der Waals surface area contributed by atoms with Crippen LogP contribution in [0.15, 0.2) is 48.5 Å². The van der Waals surface area contributed by atoms with E-state index in [1.54, 1.807) is 0 Å². The van der Waals surface area contributed by atoms with Gasteiger partial charge in [-0.15, -0.1) is 0 Å². The van der Waals surface area contributed by atoms with Gasteiger partial charge in [0.15, 0.2) is 0 Å². The maximum atomic E-state index is 9.66. The average Bonchev–Trinajstić information content (AvgIpc) is 2.66. The molecule has 0 aliphatic carbocycles. The van der Waals surface area contributed by atoms with E-state index in [-0.39, 0.29) is 5.92 Å². The van der Waals surface area contributed by atoms with Gasteiger partial charge >= 0.3 is 0 Å². The Morgan fingerprint density at radius 1 is 1.00 bits per heavy atom. The Hall–Kier alpha value is -1.80. The van der Waals surface area contributed by atoms with Crippen LogP contribution in [0.3, 0.4) is 0 Å². The van der Waals surface area contributed by atoms with Crippen molar-refractivity contribution < 1.29 is 9.84 Å². The number of fused-ring (bicyclic) bond motifs is 1. The van der Waals surface area contributed by atoms with Crippen molar-refractivity contribution >= 4 is 0 Å². The number of hydrogen-bond acceptors (Lipinski definition) is 2. The van der Waals surface area contributed by atoms with Gasteiger partial charge < -0.3 is 9.84 Å². The van der Waals surface area contributed by atoms with E-state index in [9.17, 15) is 5.11 Å². The van der Waals surface area contributed by atoms with E-state index >= 15 is 0 Å². The summed E-state index contributed by atoms with van der Waals surface area (Å²) in [4.78, 5) is 0. The van der Waals surface area contributed by atoms with Crippen LogP contribution in [0.5, 0.6) is 5.75 Å². The summed E-state index contributed by atoms with van der Waals surface area (Å²) in [5, 5.41) is 9.66. The molecule has 2 aromatic rings. The third kappa shape index (κ3) is 1.71. The van der Waals surface area contributed by atoms with E-state index in [2.05, 4.69) is 18.2 Å². The highest BCUT2D eigenvalue weighted by Crippen LogP contribution is 2.39. The van der Waals surface area contributed by atoms with Crippen molar-refractivity contribution in [1.82, 2.24) is 0 Å². The van der Waals surface area contributed by atoms with E-state index in [0.29, 0.717) is 0 Å². The average molecular weight is 226 g/mol. The minimum Gasteiger partial charge on any atom is -0.464 e. The Morgan fingerprint density at radius 2 is 1.76 bits per heavy atom. The molecule has 0 fully saturated rings. The molecule has 2 nitrogen and oxygen atoms in total. The smallest absolute Gasteiger partial charge is 0.204 e. The number of aliphatic hydroxyl groups excluding tert-OH is 1. The monoisotopic (exact) mass is 226 g/mol. The zero-order valence-electron chi connectivity index (χ0n) is 9.63. The molecule has 1 N–H and O–H groups in total. The zero-order chi connectivity index (χ0) is 11.8. The third-order valence-corrected chi connectivity index (χ3v) is 3.28. The van der Waals surface area contributed by atoms with Crippen LogP contribution < -0.4 is 4.74 Å². The quantitative estimate of drug-likeness (QED) is 0.809. The minimum absolute atomic E-state index is 0.0358. The summed E-state index contributed by atoms with van der Waals surface area (Å²) >= 11 is 0. The molecule has 0 bridgehead atoms. The van der Waals surface area contributed by atoms with Gasteiger partial charge in [-0.05, 0) is 23.3 Å². The Bertz CT molecular complexity index is 534. The van der Waals surface area contributed by atoms with Gasteiger partial charge in [-0.25, -0.2) is 0 Å². The van der Waals surface area contributed by atoms with Crippen LogP contribution in [-0.2, 0) is 0 Å². The first-order valence-electron chi connectivity index (χ1n) is 5.80. The first kappa shape index (κ1) is 10.4. The van der Waals surface area contributed by atoms with Crippen molar-refractivity contribution in [2.24, 2.45) is 0 Å². The predicted molar refractivity (Wildman–Crippen MR) is 66.9 cm³/mol. The summed E-state index contributed by atoms with van der Waals surface area (Å²) in [5.41, 5.74) is 3.43. The summed E-state index contributed by atoms with van der Waals surface area (Å²) in [6, 6.07) is 16.3. The summed E-state index contributed by atoms with van der Waals surface area (Å²) in [7, 11) is 0. The van der Waals surface area contributed by atoms with Crippen molar-refractivity contribution in [3.8, 4) is 16.9 Å². The first-order chi connectivity index (χ1) is 8.25. The molecular weight excluding hydrogens is 212 g/mol. The predicted octanol–water partition coefficient (Wildman–Crippen LogP) is 3.17. The van der Waals surface area contributed by atoms with Crippen LogP contribution in [0, 0.1) is 0 Å². The second-order valence-corrected chi connectivity index (χ2v) is 4.42. The van der Waals surface area contributed by atoms with Crippen LogP contribution in [0.25, 0.3) is 11.1 Å². The Balaban J connectivity index is 2.06. The second kappa shape index (κ2) is 3.90. The molecule has 0 unspecified atom stereocenters. The van der Waals surface area contributed by atoms with Crippen LogP contribution in [0.1, 0.15) is 18.4 Å². The summed E-state index contributed by atoms with van der Waals surface area (Å²) in [6.07, 6.45) is -0.712. The van der Waals surface area contributed by atoms with Gasteiger partial charge in [0.05, 0.1) is 0 Å². The highest BCUT2D eigenvalue weighted by Gasteiger charge is 2.29. The normalized spacial score (nSPS) is 22.0. The van der Waals surface area contributed by atoms with Gasteiger partial charge in [0.25, 0.3) is 0 Å². The number of aliphatic hydroxyl groups is 1. The number of ether oxygens (including phenoxy) is 1.